The van der Waals surface area contributed by atoms with Crippen molar-refractivity contribution >= 4 is 21.6 Å². The summed E-state index contributed by atoms with van der Waals surface area (Å²) in [5.41, 5.74) is 1.50. The van der Waals surface area contributed by atoms with E-state index >= 15 is 0 Å². The Kier molecular flexibility index (Phi) is 6.44. The van der Waals surface area contributed by atoms with Crippen LogP contribution in [0.5, 0.6) is 5.75 Å². The second kappa shape index (κ2) is 8.84. The molecule has 0 saturated carbocycles. The van der Waals surface area contributed by atoms with Crippen molar-refractivity contribution in [2.24, 2.45) is 0 Å². The molecule has 1 aliphatic heterocycles. The maximum Gasteiger partial charge on any atom is 0.264 e. The summed E-state index contributed by atoms with van der Waals surface area (Å²) in [6, 6.07) is 13.4. The lowest BCUT2D eigenvalue weighted by molar-refractivity contribution is -0.140. The smallest absolute Gasteiger partial charge is 0.264 e. The van der Waals surface area contributed by atoms with Crippen LogP contribution >= 0.6 is 0 Å². The van der Waals surface area contributed by atoms with Crippen molar-refractivity contribution in [1.29, 1.82) is 0 Å². The topological polar surface area (TPSA) is 76.2 Å². The van der Waals surface area contributed by atoms with E-state index in [1.807, 2.05) is 13.8 Å². The van der Waals surface area contributed by atoms with Gasteiger partial charge in [0.1, 0.15) is 5.75 Å². The summed E-state index contributed by atoms with van der Waals surface area (Å²) in [4.78, 5) is 14.2. The van der Waals surface area contributed by atoms with E-state index < -0.39 is 10.0 Å². The zero-order valence-corrected chi connectivity index (χ0v) is 17.7. The first-order valence-corrected chi connectivity index (χ1v) is 10.9. The highest BCUT2D eigenvalue weighted by atomic mass is 32.2. The molecule has 2 aromatic rings. The van der Waals surface area contributed by atoms with Crippen LogP contribution in [0.1, 0.15) is 12.5 Å². The van der Waals surface area contributed by atoms with Crippen molar-refractivity contribution in [2.45, 2.75) is 24.8 Å². The predicted molar refractivity (Wildman–Crippen MR) is 111 cm³/mol. The van der Waals surface area contributed by atoms with Gasteiger partial charge in [-0.15, -0.1) is 0 Å². The standard InChI is InChI=1S/C21H26N2O5S/c1-16-4-10-20(11-5-16)29(25,26)22(3)18-6-8-19(9-7-18)28-15-21(24)23-12-13-27-17(2)14-23/h4-11,17H,12-15H2,1-3H3. The van der Waals surface area contributed by atoms with Crippen molar-refractivity contribution in [3.05, 3.63) is 54.1 Å². The molecule has 1 heterocycles. The second-order valence-electron chi connectivity index (χ2n) is 7.09. The molecule has 1 saturated heterocycles. The van der Waals surface area contributed by atoms with Crippen molar-refractivity contribution in [1.82, 2.24) is 4.90 Å². The fourth-order valence-corrected chi connectivity index (χ4v) is 4.24. The molecule has 1 unspecified atom stereocenters. The summed E-state index contributed by atoms with van der Waals surface area (Å²) in [7, 11) is -2.14. The minimum Gasteiger partial charge on any atom is -0.484 e. The van der Waals surface area contributed by atoms with Gasteiger partial charge in [0.15, 0.2) is 6.61 Å². The normalized spacial score (nSPS) is 17.1. The van der Waals surface area contributed by atoms with E-state index in [2.05, 4.69) is 0 Å². The molecule has 1 amide bonds. The summed E-state index contributed by atoms with van der Waals surface area (Å²) in [5, 5.41) is 0. The largest absolute Gasteiger partial charge is 0.484 e. The highest BCUT2D eigenvalue weighted by Crippen LogP contribution is 2.24. The lowest BCUT2D eigenvalue weighted by Gasteiger charge is -2.31. The molecule has 0 N–H and O–H groups in total. The molecule has 8 heteroatoms. The van der Waals surface area contributed by atoms with Gasteiger partial charge in [-0.25, -0.2) is 8.42 Å². The number of nitrogens with zero attached hydrogens (tertiary/aromatic N) is 2. The number of sulfonamides is 1. The number of hydrogen-bond acceptors (Lipinski definition) is 5. The number of anilines is 1. The molecular formula is C21H26N2O5S. The van der Waals surface area contributed by atoms with Gasteiger partial charge < -0.3 is 14.4 Å². The highest BCUT2D eigenvalue weighted by molar-refractivity contribution is 7.92. The molecule has 0 bridgehead atoms. The average Bonchev–Trinajstić information content (AvgIpc) is 2.72. The maximum atomic E-state index is 12.8. The van der Waals surface area contributed by atoms with Gasteiger partial charge in [-0.3, -0.25) is 9.10 Å². The number of carbonyl (C=O) groups is 1. The quantitative estimate of drug-likeness (QED) is 0.720. The zero-order chi connectivity index (χ0) is 21.0. The summed E-state index contributed by atoms with van der Waals surface area (Å²) in [5.74, 6) is 0.410. The zero-order valence-electron chi connectivity index (χ0n) is 16.9. The second-order valence-corrected chi connectivity index (χ2v) is 9.06. The Balaban J connectivity index is 1.62. The molecule has 0 radical (unpaired) electrons. The van der Waals surface area contributed by atoms with E-state index in [1.165, 1.54) is 11.4 Å². The number of benzene rings is 2. The van der Waals surface area contributed by atoms with Crippen LogP contribution in [0.4, 0.5) is 5.69 Å². The number of amides is 1. The number of rotatable bonds is 6. The molecule has 0 spiro atoms. The van der Waals surface area contributed by atoms with Gasteiger partial charge in [0.2, 0.25) is 0 Å². The van der Waals surface area contributed by atoms with Gasteiger partial charge in [-0.2, -0.15) is 0 Å². The monoisotopic (exact) mass is 418 g/mol. The van der Waals surface area contributed by atoms with Gasteiger partial charge in [-0.05, 0) is 50.2 Å². The Morgan fingerprint density at radius 2 is 1.83 bits per heavy atom. The minimum absolute atomic E-state index is 0.0259. The van der Waals surface area contributed by atoms with Crippen LogP contribution in [0.25, 0.3) is 0 Å². The molecular weight excluding hydrogens is 392 g/mol. The van der Waals surface area contributed by atoms with E-state index in [0.717, 1.165) is 5.56 Å². The fraction of sp³-hybridized carbons (Fsp3) is 0.381. The summed E-state index contributed by atoms with van der Waals surface area (Å²) < 4.78 is 37.8. The fourth-order valence-electron chi connectivity index (χ4n) is 3.04. The number of ether oxygens (including phenoxy) is 2. The number of hydrogen-bond donors (Lipinski definition) is 0. The van der Waals surface area contributed by atoms with Crippen molar-refractivity contribution in [2.75, 3.05) is 37.7 Å². The molecule has 0 aliphatic carbocycles. The summed E-state index contributed by atoms with van der Waals surface area (Å²) in [6.45, 7) is 5.42. The van der Waals surface area contributed by atoms with Crippen molar-refractivity contribution in [3.8, 4) is 5.75 Å². The molecule has 0 aromatic heterocycles. The van der Waals surface area contributed by atoms with Crippen LogP contribution in [-0.4, -0.2) is 58.7 Å². The van der Waals surface area contributed by atoms with E-state index in [9.17, 15) is 13.2 Å². The molecule has 1 fully saturated rings. The third-order valence-corrected chi connectivity index (χ3v) is 6.64. The van der Waals surface area contributed by atoms with Crippen LogP contribution in [0.3, 0.4) is 0 Å². The van der Waals surface area contributed by atoms with Gasteiger partial charge in [0.25, 0.3) is 15.9 Å². The van der Waals surface area contributed by atoms with Crippen LogP contribution in [-0.2, 0) is 19.6 Å². The maximum absolute atomic E-state index is 12.8. The van der Waals surface area contributed by atoms with E-state index in [1.54, 1.807) is 53.4 Å². The molecule has 7 nitrogen and oxygen atoms in total. The Bertz CT molecular complexity index is 942. The Labute approximate surface area is 171 Å². The summed E-state index contributed by atoms with van der Waals surface area (Å²) in [6.07, 6.45) is 0.0259. The van der Waals surface area contributed by atoms with E-state index in [-0.39, 0.29) is 23.5 Å². The lowest BCUT2D eigenvalue weighted by Crippen LogP contribution is -2.46. The first-order chi connectivity index (χ1) is 13.8. The SMILES string of the molecule is Cc1ccc(S(=O)(=O)N(C)c2ccc(OCC(=O)N3CCOC(C)C3)cc2)cc1. The first kappa shape index (κ1) is 21.1. The molecule has 156 valence electrons. The van der Waals surface area contributed by atoms with Gasteiger partial charge >= 0.3 is 0 Å². The molecule has 2 aromatic carbocycles. The van der Waals surface area contributed by atoms with Crippen LogP contribution in [0.2, 0.25) is 0 Å². The Hall–Kier alpha value is -2.58. The van der Waals surface area contributed by atoms with Crippen LogP contribution < -0.4 is 9.04 Å². The van der Waals surface area contributed by atoms with Crippen LogP contribution in [0.15, 0.2) is 53.4 Å². The molecule has 1 aliphatic rings. The Morgan fingerprint density at radius 1 is 1.17 bits per heavy atom. The van der Waals surface area contributed by atoms with Gasteiger partial charge in [0, 0.05) is 20.1 Å². The summed E-state index contributed by atoms with van der Waals surface area (Å²) >= 11 is 0. The Morgan fingerprint density at radius 3 is 2.45 bits per heavy atom. The average molecular weight is 419 g/mol. The number of morpholine rings is 1. The molecule has 29 heavy (non-hydrogen) atoms. The minimum atomic E-state index is -3.65. The molecule has 3 rings (SSSR count). The van der Waals surface area contributed by atoms with E-state index in [4.69, 9.17) is 9.47 Å². The van der Waals surface area contributed by atoms with Crippen molar-refractivity contribution < 1.29 is 22.7 Å². The first-order valence-electron chi connectivity index (χ1n) is 9.45. The van der Waals surface area contributed by atoms with Gasteiger partial charge in [-0.1, -0.05) is 17.7 Å². The van der Waals surface area contributed by atoms with Crippen molar-refractivity contribution in [3.63, 3.8) is 0 Å². The van der Waals surface area contributed by atoms with Gasteiger partial charge in [0.05, 0.1) is 23.3 Å². The highest BCUT2D eigenvalue weighted by Gasteiger charge is 2.22. The third-order valence-electron chi connectivity index (χ3n) is 4.84. The third kappa shape index (κ3) is 5.07. The lowest BCUT2D eigenvalue weighted by atomic mass is 10.2. The van der Waals surface area contributed by atoms with Crippen LogP contribution in [0, 0.1) is 6.92 Å². The predicted octanol–water partition coefficient (Wildman–Crippen LogP) is 2.45. The number of aryl methyl sites for hydroxylation is 1. The molecule has 1 atom stereocenters. The number of carbonyl (C=O) groups excluding carboxylic acids is 1. The van der Waals surface area contributed by atoms with E-state index in [0.29, 0.717) is 31.1 Å².